The Hall–Kier alpha value is -2.84. The zero-order valence-electron chi connectivity index (χ0n) is 17.9. The number of carbonyl (C=O) groups excluding carboxylic acids is 2. The lowest BCUT2D eigenvalue weighted by molar-refractivity contribution is -0.112. The Balaban J connectivity index is 1.36. The highest BCUT2D eigenvalue weighted by molar-refractivity contribution is 8.26. The smallest absolute Gasteiger partial charge is 0.287 e. The van der Waals surface area contributed by atoms with Crippen molar-refractivity contribution >= 4 is 33.5 Å². The zero-order valence-corrected chi connectivity index (χ0v) is 19.6. The molecule has 0 radical (unpaired) electrons. The van der Waals surface area contributed by atoms with Gasteiger partial charge in [-0.3, -0.25) is 9.59 Å². The molecule has 0 saturated carbocycles. The second-order valence-corrected chi connectivity index (χ2v) is 9.64. The van der Waals surface area contributed by atoms with E-state index in [2.05, 4.69) is 24.4 Å². The van der Waals surface area contributed by atoms with E-state index >= 15 is 0 Å². The van der Waals surface area contributed by atoms with Crippen molar-refractivity contribution in [1.29, 1.82) is 0 Å². The van der Waals surface area contributed by atoms with Gasteiger partial charge in [0.15, 0.2) is 11.5 Å². The number of nitrogens with zero attached hydrogens (tertiary/aromatic N) is 1. The second kappa shape index (κ2) is 10.2. The molecule has 32 heavy (non-hydrogen) atoms. The molecule has 1 amide bonds. The van der Waals surface area contributed by atoms with E-state index in [4.69, 9.17) is 14.5 Å². The van der Waals surface area contributed by atoms with Gasteiger partial charge in [0.2, 0.25) is 5.12 Å². The monoisotopic (exact) mass is 468 g/mol. The lowest BCUT2D eigenvalue weighted by Gasteiger charge is -2.12. The van der Waals surface area contributed by atoms with Crippen LogP contribution in [0.4, 0.5) is 4.79 Å². The minimum Gasteiger partial charge on any atom is -0.493 e. The molecule has 0 aliphatic carbocycles. The van der Waals surface area contributed by atoms with Gasteiger partial charge in [0, 0.05) is 22.2 Å². The van der Waals surface area contributed by atoms with Crippen LogP contribution in [0, 0.1) is 6.92 Å². The lowest BCUT2D eigenvalue weighted by Crippen LogP contribution is -2.28. The molecule has 166 valence electrons. The van der Waals surface area contributed by atoms with E-state index in [0.717, 1.165) is 51.3 Å². The molecule has 1 unspecified atom stereocenters. The quantitative estimate of drug-likeness (QED) is 0.454. The van der Waals surface area contributed by atoms with Gasteiger partial charge in [0.1, 0.15) is 11.6 Å². The minimum atomic E-state index is -0.376. The molecule has 1 aromatic heterocycles. The van der Waals surface area contributed by atoms with E-state index in [0.29, 0.717) is 24.5 Å². The van der Waals surface area contributed by atoms with Crippen molar-refractivity contribution in [2.24, 2.45) is 0 Å². The first-order valence-corrected chi connectivity index (χ1v) is 12.0. The highest BCUT2D eigenvalue weighted by Crippen LogP contribution is 2.32. The highest BCUT2D eigenvalue weighted by atomic mass is 32.2. The van der Waals surface area contributed by atoms with Crippen LogP contribution in [0.2, 0.25) is 0 Å². The van der Waals surface area contributed by atoms with Gasteiger partial charge >= 0.3 is 0 Å². The van der Waals surface area contributed by atoms with Crippen LogP contribution in [0.25, 0.3) is 10.6 Å². The second-order valence-electron chi connectivity index (χ2n) is 7.46. The molecule has 0 spiro atoms. The molecule has 1 saturated heterocycles. The van der Waals surface area contributed by atoms with Gasteiger partial charge in [0.05, 0.1) is 18.8 Å². The number of carbonyl (C=O) groups is 2. The number of aromatic nitrogens is 1. The molecule has 1 aliphatic rings. The predicted molar refractivity (Wildman–Crippen MR) is 127 cm³/mol. The van der Waals surface area contributed by atoms with Crippen LogP contribution in [-0.4, -0.2) is 28.5 Å². The first-order valence-electron chi connectivity index (χ1n) is 10.4. The van der Waals surface area contributed by atoms with Gasteiger partial charge in [-0.05, 0) is 43.9 Å². The number of hydrogen-bond acceptors (Lipinski definition) is 7. The Morgan fingerprint density at radius 1 is 1.09 bits per heavy atom. The largest absolute Gasteiger partial charge is 0.493 e. The van der Waals surface area contributed by atoms with E-state index in [1.165, 1.54) is 0 Å². The van der Waals surface area contributed by atoms with Crippen LogP contribution < -0.4 is 14.8 Å². The van der Waals surface area contributed by atoms with Gasteiger partial charge < -0.3 is 14.8 Å². The molecule has 3 aromatic rings. The molecular weight excluding hydrogens is 444 g/mol. The van der Waals surface area contributed by atoms with Gasteiger partial charge in [0.25, 0.3) is 5.24 Å². The number of hydrogen-bond donors (Lipinski definition) is 1. The lowest BCUT2D eigenvalue weighted by atomic mass is 10.0. The Labute approximate surface area is 195 Å². The zero-order chi connectivity index (χ0) is 22.5. The maximum absolute atomic E-state index is 11.7. The number of methoxy groups -OCH3 is 1. The van der Waals surface area contributed by atoms with Gasteiger partial charge in [-0.25, -0.2) is 4.98 Å². The minimum absolute atomic E-state index is 0.0934. The van der Waals surface area contributed by atoms with Crippen molar-refractivity contribution in [2.75, 3.05) is 7.11 Å². The van der Waals surface area contributed by atoms with Crippen molar-refractivity contribution in [2.45, 2.75) is 38.8 Å². The molecular formula is C24H24N2O4S2. The third kappa shape index (κ3) is 5.31. The van der Waals surface area contributed by atoms with Crippen molar-refractivity contribution in [3.63, 3.8) is 0 Å². The summed E-state index contributed by atoms with van der Waals surface area (Å²) >= 11 is 2.42. The number of thioether (sulfide) groups is 1. The fourth-order valence-corrected chi connectivity index (χ4v) is 5.12. The van der Waals surface area contributed by atoms with E-state index in [1.54, 1.807) is 18.4 Å². The number of nitrogens with one attached hydrogen (secondary N) is 1. The number of benzene rings is 2. The fourth-order valence-electron chi connectivity index (χ4n) is 3.49. The number of aryl methyl sites for hydroxylation is 2. The normalized spacial score (nSPS) is 15.6. The maximum Gasteiger partial charge on any atom is 0.287 e. The molecule has 2 heterocycles. The van der Waals surface area contributed by atoms with Crippen LogP contribution in [-0.2, 0) is 17.8 Å². The third-order valence-corrected chi connectivity index (χ3v) is 7.09. The summed E-state index contributed by atoms with van der Waals surface area (Å²) in [5.41, 5.74) is 3.11. The molecule has 1 aliphatic heterocycles. The summed E-state index contributed by atoms with van der Waals surface area (Å²) in [6, 6.07) is 15.6. The van der Waals surface area contributed by atoms with Gasteiger partial charge in [-0.15, -0.1) is 11.3 Å². The highest BCUT2D eigenvalue weighted by Gasteiger charge is 2.30. The van der Waals surface area contributed by atoms with E-state index in [9.17, 15) is 9.59 Å². The molecule has 8 heteroatoms. The van der Waals surface area contributed by atoms with Crippen molar-refractivity contribution in [3.8, 4) is 22.1 Å². The predicted octanol–water partition coefficient (Wildman–Crippen LogP) is 5.38. The number of rotatable bonds is 9. The summed E-state index contributed by atoms with van der Waals surface area (Å²) in [5, 5.41) is 3.33. The first kappa shape index (κ1) is 22.4. The van der Waals surface area contributed by atoms with Gasteiger partial charge in [-0.2, -0.15) is 0 Å². The molecule has 1 fully saturated rings. The summed E-state index contributed by atoms with van der Waals surface area (Å²) in [7, 11) is 1.62. The Kier molecular flexibility index (Phi) is 7.12. The Bertz CT molecular complexity index is 1110. The Morgan fingerprint density at radius 3 is 2.62 bits per heavy atom. The van der Waals surface area contributed by atoms with Crippen molar-refractivity contribution in [3.05, 3.63) is 64.7 Å². The van der Waals surface area contributed by atoms with Crippen LogP contribution in [0.3, 0.4) is 0 Å². The number of ether oxygens (including phenoxy) is 2. The molecule has 1 atom stereocenters. The first-order chi connectivity index (χ1) is 15.5. The molecule has 2 aromatic carbocycles. The van der Waals surface area contributed by atoms with Crippen LogP contribution in [0.15, 0.2) is 48.5 Å². The topological polar surface area (TPSA) is 77.5 Å². The number of thiazole rings is 1. The SMILES string of the molecule is COc1cc(CCCC2NC(=O)SC2=O)ccc1OCc1nc(-c2ccccc2)sc1C. The summed E-state index contributed by atoms with van der Waals surface area (Å²) < 4.78 is 11.6. The van der Waals surface area contributed by atoms with Crippen LogP contribution in [0.5, 0.6) is 11.5 Å². The fraction of sp³-hybridized carbons (Fsp3) is 0.292. The Morgan fingerprint density at radius 2 is 1.91 bits per heavy atom. The van der Waals surface area contributed by atoms with Crippen molar-refractivity contribution < 1.29 is 19.1 Å². The van der Waals surface area contributed by atoms with E-state index < -0.39 is 0 Å². The molecule has 0 bridgehead atoms. The summed E-state index contributed by atoms with van der Waals surface area (Å²) in [5.74, 6) is 1.33. The third-order valence-electron chi connectivity index (χ3n) is 5.23. The summed E-state index contributed by atoms with van der Waals surface area (Å²) in [6.45, 7) is 2.42. The van der Waals surface area contributed by atoms with E-state index in [-0.39, 0.29) is 16.4 Å². The molecule has 1 N–H and O–H groups in total. The summed E-state index contributed by atoms with van der Waals surface area (Å²) in [4.78, 5) is 28.9. The van der Waals surface area contributed by atoms with E-state index in [1.807, 2.05) is 36.4 Å². The summed E-state index contributed by atoms with van der Waals surface area (Å²) in [6.07, 6.45) is 2.21. The maximum atomic E-state index is 11.7. The van der Waals surface area contributed by atoms with Crippen molar-refractivity contribution in [1.82, 2.24) is 10.3 Å². The van der Waals surface area contributed by atoms with Crippen LogP contribution >= 0.6 is 23.1 Å². The average molecular weight is 469 g/mol. The van der Waals surface area contributed by atoms with Crippen LogP contribution in [0.1, 0.15) is 29.0 Å². The van der Waals surface area contributed by atoms with Gasteiger partial charge in [-0.1, -0.05) is 36.4 Å². The number of amides is 1. The average Bonchev–Trinajstić information content (AvgIpc) is 3.33. The standard InChI is InChI=1S/C24H24N2O4S2/c1-15-19(25-22(31-15)17-8-4-3-5-9-17)14-30-20-12-11-16(13-21(20)29-2)7-6-10-18-23(27)32-24(28)26-18/h3-5,8-9,11-13,18H,6-7,10,14H2,1-2H3,(H,26,28). The molecule has 4 rings (SSSR count). The molecule has 6 nitrogen and oxygen atoms in total.